The summed E-state index contributed by atoms with van der Waals surface area (Å²) in [5.74, 6) is -0.433. The molecule has 1 aliphatic rings. The van der Waals surface area contributed by atoms with Crippen LogP contribution in [0, 0.1) is 13.8 Å². The second kappa shape index (κ2) is 8.60. The van der Waals surface area contributed by atoms with E-state index in [1.54, 1.807) is 18.2 Å². The van der Waals surface area contributed by atoms with E-state index in [9.17, 15) is 14.4 Å². The highest BCUT2D eigenvalue weighted by Crippen LogP contribution is 2.30. The highest BCUT2D eigenvalue weighted by atomic mass is 16.5. The van der Waals surface area contributed by atoms with Gasteiger partial charge in [-0.05, 0) is 61.2 Å². The first-order valence-electron chi connectivity index (χ1n) is 9.21. The highest BCUT2D eigenvalue weighted by Gasteiger charge is 2.27. The third kappa shape index (κ3) is 4.82. The van der Waals surface area contributed by atoms with Crippen molar-refractivity contribution in [2.45, 2.75) is 27.4 Å². The number of hydrogen-bond acceptors (Lipinski definition) is 5. The molecule has 0 spiro atoms. The monoisotopic (exact) mass is 394 g/mol. The molecule has 2 aromatic carbocycles. The SMILES string of the molecule is CCOc1cc(C=C2C(=O)NC(=O)NC2=O)ccc1OCc1ccc(C)c(C)c1. The van der Waals surface area contributed by atoms with E-state index >= 15 is 0 Å². The van der Waals surface area contributed by atoms with Gasteiger partial charge in [0.05, 0.1) is 6.61 Å². The van der Waals surface area contributed by atoms with Crippen molar-refractivity contribution in [3.63, 3.8) is 0 Å². The standard InChI is InChI=1S/C22H22N2O5/c1-4-28-19-11-15(10-17-20(25)23-22(27)24-21(17)26)7-8-18(19)29-12-16-6-5-13(2)14(3)9-16/h5-11H,4,12H2,1-3H3,(H2,23,24,25,26,27). The van der Waals surface area contributed by atoms with Crippen LogP contribution >= 0.6 is 0 Å². The predicted octanol–water partition coefficient (Wildman–Crippen LogP) is 3.03. The largest absolute Gasteiger partial charge is 0.490 e. The molecule has 0 unspecified atom stereocenters. The molecule has 0 atom stereocenters. The summed E-state index contributed by atoms with van der Waals surface area (Å²) in [4.78, 5) is 34.9. The molecule has 0 saturated carbocycles. The van der Waals surface area contributed by atoms with Gasteiger partial charge in [-0.3, -0.25) is 20.2 Å². The lowest BCUT2D eigenvalue weighted by atomic mass is 10.1. The van der Waals surface area contributed by atoms with Crippen LogP contribution in [-0.4, -0.2) is 24.5 Å². The first kappa shape index (κ1) is 20.1. The maximum Gasteiger partial charge on any atom is 0.328 e. The number of carbonyl (C=O) groups is 3. The number of imide groups is 2. The molecule has 1 saturated heterocycles. The molecule has 0 aromatic heterocycles. The van der Waals surface area contributed by atoms with E-state index in [-0.39, 0.29) is 5.57 Å². The Morgan fingerprint density at radius 3 is 2.24 bits per heavy atom. The first-order valence-corrected chi connectivity index (χ1v) is 9.21. The van der Waals surface area contributed by atoms with Crippen LogP contribution in [0.1, 0.15) is 29.2 Å². The predicted molar refractivity (Wildman–Crippen MR) is 108 cm³/mol. The second-order valence-corrected chi connectivity index (χ2v) is 6.64. The molecular formula is C22H22N2O5. The Morgan fingerprint density at radius 2 is 1.59 bits per heavy atom. The number of benzene rings is 2. The first-order chi connectivity index (χ1) is 13.9. The number of aryl methyl sites for hydroxylation is 2. The van der Waals surface area contributed by atoms with Crippen molar-refractivity contribution in [2.24, 2.45) is 0 Å². The van der Waals surface area contributed by atoms with Crippen LogP contribution in [-0.2, 0) is 16.2 Å². The van der Waals surface area contributed by atoms with Gasteiger partial charge in [0, 0.05) is 0 Å². The van der Waals surface area contributed by atoms with Gasteiger partial charge >= 0.3 is 6.03 Å². The molecule has 0 aliphatic carbocycles. The smallest absolute Gasteiger partial charge is 0.328 e. The van der Waals surface area contributed by atoms with E-state index in [0.717, 1.165) is 5.56 Å². The molecule has 0 radical (unpaired) electrons. The molecule has 1 fully saturated rings. The average Bonchev–Trinajstić information content (AvgIpc) is 2.67. The van der Waals surface area contributed by atoms with Gasteiger partial charge in [0.2, 0.25) is 0 Å². The van der Waals surface area contributed by atoms with Crippen LogP contribution in [0.15, 0.2) is 42.0 Å². The highest BCUT2D eigenvalue weighted by molar-refractivity contribution is 6.31. The summed E-state index contributed by atoms with van der Waals surface area (Å²) in [7, 11) is 0. The van der Waals surface area contributed by atoms with E-state index in [2.05, 4.69) is 26.0 Å². The van der Waals surface area contributed by atoms with Crippen LogP contribution in [0.5, 0.6) is 11.5 Å². The summed E-state index contributed by atoms with van der Waals surface area (Å²) in [6.07, 6.45) is 1.40. The van der Waals surface area contributed by atoms with E-state index in [1.807, 2.05) is 23.6 Å². The fourth-order valence-corrected chi connectivity index (χ4v) is 2.83. The summed E-state index contributed by atoms with van der Waals surface area (Å²) in [6, 6.07) is 10.4. The Kier molecular flexibility index (Phi) is 5.97. The van der Waals surface area contributed by atoms with Gasteiger partial charge in [-0.25, -0.2) is 4.79 Å². The minimum Gasteiger partial charge on any atom is -0.490 e. The molecule has 2 aromatic rings. The van der Waals surface area contributed by atoms with E-state index in [1.165, 1.54) is 17.2 Å². The summed E-state index contributed by atoms with van der Waals surface area (Å²) in [6.45, 7) is 6.77. The van der Waals surface area contributed by atoms with E-state index < -0.39 is 17.8 Å². The molecule has 1 heterocycles. The minimum absolute atomic E-state index is 0.157. The normalized spacial score (nSPS) is 13.6. The van der Waals surface area contributed by atoms with Crippen LogP contribution in [0.4, 0.5) is 4.79 Å². The van der Waals surface area contributed by atoms with Crippen molar-refractivity contribution in [2.75, 3.05) is 6.61 Å². The van der Waals surface area contributed by atoms with Crippen molar-refractivity contribution in [3.8, 4) is 11.5 Å². The number of ether oxygens (including phenoxy) is 2. The molecule has 2 N–H and O–H groups in total. The third-order valence-corrected chi connectivity index (χ3v) is 4.49. The topological polar surface area (TPSA) is 93.7 Å². The zero-order valence-corrected chi connectivity index (χ0v) is 16.5. The molecule has 150 valence electrons. The Bertz CT molecular complexity index is 988. The molecule has 4 amide bonds. The van der Waals surface area contributed by atoms with Gasteiger partial charge in [0.15, 0.2) is 11.5 Å². The van der Waals surface area contributed by atoms with E-state index in [0.29, 0.717) is 30.3 Å². The zero-order chi connectivity index (χ0) is 21.0. The van der Waals surface area contributed by atoms with Crippen molar-refractivity contribution in [3.05, 3.63) is 64.2 Å². The fourth-order valence-electron chi connectivity index (χ4n) is 2.83. The molecule has 0 bridgehead atoms. The maximum absolute atomic E-state index is 11.9. The Hall–Kier alpha value is -3.61. The van der Waals surface area contributed by atoms with Gasteiger partial charge in [-0.2, -0.15) is 0 Å². The molecule has 7 heteroatoms. The Labute approximate surface area is 168 Å². The van der Waals surface area contributed by atoms with Gasteiger partial charge < -0.3 is 9.47 Å². The second-order valence-electron chi connectivity index (χ2n) is 6.64. The van der Waals surface area contributed by atoms with Crippen molar-refractivity contribution in [1.82, 2.24) is 10.6 Å². The lowest BCUT2D eigenvalue weighted by Crippen LogP contribution is -2.51. The summed E-state index contributed by atoms with van der Waals surface area (Å²) < 4.78 is 11.6. The number of carbonyl (C=O) groups excluding carboxylic acids is 3. The number of amides is 4. The van der Waals surface area contributed by atoms with E-state index in [4.69, 9.17) is 9.47 Å². The van der Waals surface area contributed by atoms with Gasteiger partial charge in [-0.15, -0.1) is 0 Å². The quantitative estimate of drug-likeness (QED) is 0.580. The van der Waals surface area contributed by atoms with Gasteiger partial charge in [0.1, 0.15) is 12.2 Å². The van der Waals surface area contributed by atoms with Gasteiger partial charge in [-0.1, -0.05) is 24.3 Å². The third-order valence-electron chi connectivity index (χ3n) is 4.49. The minimum atomic E-state index is -0.831. The van der Waals surface area contributed by atoms with Crippen LogP contribution in [0.25, 0.3) is 6.08 Å². The molecular weight excluding hydrogens is 372 g/mol. The lowest BCUT2D eigenvalue weighted by molar-refractivity contribution is -0.123. The van der Waals surface area contributed by atoms with Crippen LogP contribution < -0.4 is 20.1 Å². The summed E-state index contributed by atoms with van der Waals surface area (Å²) in [5, 5.41) is 4.09. The summed E-state index contributed by atoms with van der Waals surface area (Å²) in [5.41, 5.74) is 3.87. The number of rotatable bonds is 6. The van der Waals surface area contributed by atoms with Crippen molar-refractivity contribution < 1.29 is 23.9 Å². The van der Waals surface area contributed by atoms with Gasteiger partial charge in [0.25, 0.3) is 11.8 Å². The Morgan fingerprint density at radius 1 is 0.862 bits per heavy atom. The zero-order valence-electron chi connectivity index (χ0n) is 16.5. The average molecular weight is 394 g/mol. The lowest BCUT2D eigenvalue weighted by Gasteiger charge is -2.15. The number of urea groups is 1. The van der Waals surface area contributed by atoms with Crippen molar-refractivity contribution >= 4 is 23.9 Å². The molecule has 29 heavy (non-hydrogen) atoms. The summed E-state index contributed by atoms with van der Waals surface area (Å²) >= 11 is 0. The Balaban J connectivity index is 1.82. The number of hydrogen-bond donors (Lipinski definition) is 2. The number of nitrogens with one attached hydrogen (secondary N) is 2. The number of barbiturate groups is 1. The molecule has 1 aliphatic heterocycles. The van der Waals surface area contributed by atoms with Crippen molar-refractivity contribution in [1.29, 1.82) is 0 Å². The van der Waals surface area contributed by atoms with Crippen LogP contribution in [0.3, 0.4) is 0 Å². The fraction of sp³-hybridized carbons (Fsp3) is 0.227. The molecule has 3 rings (SSSR count). The van der Waals surface area contributed by atoms with Crippen LogP contribution in [0.2, 0.25) is 0 Å². The maximum atomic E-state index is 11.9. The molecule has 7 nitrogen and oxygen atoms in total.